The van der Waals surface area contributed by atoms with Gasteiger partial charge in [-0.25, -0.2) is 18.1 Å². The van der Waals surface area contributed by atoms with E-state index in [1.807, 2.05) is 13.0 Å². The van der Waals surface area contributed by atoms with Crippen LogP contribution in [0.2, 0.25) is 0 Å². The minimum Gasteiger partial charge on any atom is -0.455 e. The van der Waals surface area contributed by atoms with Gasteiger partial charge in [-0.2, -0.15) is 0 Å². The average molecular weight is 946 g/mol. The van der Waals surface area contributed by atoms with Gasteiger partial charge in [0, 0.05) is 93.7 Å². The number of aliphatic hydroxyl groups excluding tert-OH is 1. The summed E-state index contributed by atoms with van der Waals surface area (Å²) in [5.74, 6) is -0.565. The van der Waals surface area contributed by atoms with Gasteiger partial charge in [0.15, 0.2) is 18.4 Å². The molecule has 1 aliphatic carbocycles. The lowest BCUT2D eigenvalue weighted by Crippen LogP contribution is -2.67. The number of sulfonamides is 1. The number of amides is 1. The van der Waals surface area contributed by atoms with Crippen LogP contribution in [0.3, 0.4) is 0 Å². The summed E-state index contributed by atoms with van der Waals surface area (Å²) >= 11 is 0. The van der Waals surface area contributed by atoms with Crippen LogP contribution in [0.25, 0.3) is 11.0 Å². The third-order valence-corrected chi connectivity index (χ3v) is 16.5. The number of fused-ring (bicyclic) bond motifs is 2. The molecule has 7 heterocycles. The number of benzene rings is 2. The average Bonchev–Trinajstić information content (AvgIpc) is 3.89. The quantitative estimate of drug-likeness (QED) is 0.0890. The maximum absolute atomic E-state index is 13.9. The van der Waals surface area contributed by atoms with Gasteiger partial charge in [-0.15, -0.1) is 0 Å². The first-order chi connectivity index (χ1) is 32.2. The monoisotopic (exact) mass is 945 g/mol. The zero-order valence-corrected chi connectivity index (χ0v) is 38.7. The molecule has 5 saturated heterocycles. The molecule has 1 spiro atoms. The molecule has 10 rings (SSSR count). The number of aromatic nitrogens is 2. The van der Waals surface area contributed by atoms with Crippen LogP contribution in [0, 0.1) is 39.7 Å². The predicted octanol–water partition coefficient (Wildman–Crippen LogP) is 5.61. The van der Waals surface area contributed by atoms with Gasteiger partial charge in [-0.1, -0.05) is 13.8 Å². The van der Waals surface area contributed by atoms with Crippen molar-refractivity contribution >= 4 is 44.0 Å². The molecule has 6 fully saturated rings. The summed E-state index contributed by atoms with van der Waals surface area (Å²) in [6.45, 7) is 11.9. The fourth-order valence-electron chi connectivity index (χ4n) is 11.3. The van der Waals surface area contributed by atoms with Crippen molar-refractivity contribution < 1.29 is 51.7 Å². The van der Waals surface area contributed by atoms with Gasteiger partial charge in [0.25, 0.3) is 21.6 Å². The zero-order valence-electron chi connectivity index (χ0n) is 37.9. The molecule has 2 aromatic heterocycles. The predicted molar refractivity (Wildman–Crippen MR) is 244 cm³/mol. The number of ether oxygens (including phenoxy) is 6. The third kappa shape index (κ3) is 8.75. The number of anilines is 2. The largest absolute Gasteiger partial charge is 0.455 e. The van der Waals surface area contributed by atoms with Crippen LogP contribution in [-0.2, 0) is 33.7 Å². The lowest BCUT2D eigenvalue weighted by Gasteiger charge is -2.58. The summed E-state index contributed by atoms with van der Waals surface area (Å²) in [6.07, 6.45) is 5.79. The van der Waals surface area contributed by atoms with E-state index in [0.29, 0.717) is 69.7 Å². The Morgan fingerprint density at radius 1 is 1.04 bits per heavy atom. The van der Waals surface area contributed by atoms with E-state index in [1.165, 1.54) is 24.4 Å². The van der Waals surface area contributed by atoms with E-state index in [-0.39, 0.29) is 40.7 Å². The number of nitro benzene ring substituents is 1. The second-order valence-corrected chi connectivity index (χ2v) is 20.9. The second-order valence-electron chi connectivity index (χ2n) is 19.2. The number of hydrogen-bond acceptors (Lipinski definition) is 16. The molecular weight excluding hydrogens is 887 g/mol. The number of aromatic amines is 1. The molecule has 4 aromatic rings. The number of carbonyl (C=O) groups is 1. The molecule has 9 atom stereocenters. The van der Waals surface area contributed by atoms with Crippen LogP contribution in [0.4, 0.5) is 17.1 Å². The lowest BCUT2D eigenvalue weighted by molar-refractivity contribution is -0.384. The highest BCUT2D eigenvalue weighted by Gasteiger charge is 2.73. The van der Waals surface area contributed by atoms with E-state index in [2.05, 4.69) is 43.7 Å². The van der Waals surface area contributed by atoms with Crippen molar-refractivity contribution in [2.24, 2.45) is 29.6 Å². The summed E-state index contributed by atoms with van der Waals surface area (Å²) in [5.41, 5.74) is 0.525. The molecule has 6 aliphatic rings. The van der Waals surface area contributed by atoms with E-state index >= 15 is 0 Å². The highest BCUT2D eigenvalue weighted by molar-refractivity contribution is 7.90. The molecule has 0 radical (unpaired) electrons. The number of nitrogens with zero attached hydrogens (tertiary/aromatic N) is 4. The van der Waals surface area contributed by atoms with Crippen LogP contribution >= 0.6 is 0 Å². The highest BCUT2D eigenvalue weighted by atomic mass is 32.2. The highest BCUT2D eigenvalue weighted by Crippen LogP contribution is 2.63. The number of nitrogens with one attached hydrogen (secondary N) is 3. The maximum atomic E-state index is 13.9. The first kappa shape index (κ1) is 45.8. The Bertz CT molecular complexity index is 2600. The Hall–Kier alpha value is -4.93. The number of rotatable bonds is 14. The van der Waals surface area contributed by atoms with Gasteiger partial charge < -0.3 is 48.7 Å². The topological polar surface area (TPSA) is 229 Å². The number of aliphatic hydroxyl groups is 1. The van der Waals surface area contributed by atoms with Crippen molar-refractivity contribution in [3.8, 4) is 11.5 Å². The molecule has 5 aliphatic heterocycles. The van der Waals surface area contributed by atoms with Crippen molar-refractivity contribution in [3.05, 3.63) is 76.6 Å². The standard InChI is InChI=1S/C47H59N7O12S/c1-28-4-8-36-29(2)44(64-45-47(36)37(28)25-41(55)46(3,65-45)66-47)62-21-18-52-14-16-53(17-15-52)32-5-7-35(40(23-32)63-33-22-31-10-13-48-42(31)50-27-33)43(56)51-67(59,60)34-6-9-38(39(24-34)54(57)58)49-26-30-11-19-61-20-12-30/h5-7,9-10,13,22-24,27-30,36-37,41,44-45,49,55H,4,8,11-12,14-21,25-26H2,1-3H3,(H,48,50)(H,51,56)/t28-,29-,36+,37+,41-,44+,45-,46-,47+/m1/s1. The maximum Gasteiger partial charge on any atom is 0.293 e. The van der Waals surface area contributed by atoms with Gasteiger partial charge in [0.05, 0.1) is 28.2 Å². The number of hydrogen-bond donors (Lipinski definition) is 4. The van der Waals surface area contributed by atoms with Crippen molar-refractivity contribution in [2.45, 2.75) is 87.8 Å². The van der Waals surface area contributed by atoms with Crippen LogP contribution in [0.1, 0.15) is 63.2 Å². The van der Waals surface area contributed by atoms with Crippen molar-refractivity contribution in [1.82, 2.24) is 19.6 Å². The Labute approximate surface area is 389 Å². The summed E-state index contributed by atoms with van der Waals surface area (Å²) in [6, 6.07) is 12.1. The van der Waals surface area contributed by atoms with Gasteiger partial charge in [-0.05, 0) is 93.2 Å². The van der Waals surface area contributed by atoms with Crippen molar-refractivity contribution in [3.63, 3.8) is 0 Å². The molecule has 360 valence electrons. The Morgan fingerprint density at radius 2 is 1.85 bits per heavy atom. The fraction of sp³-hybridized carbons (Fsp3) is 0.574. The van der Waals surface area contributed by atoms with Gasteiger partial charge in [0.1, 0.15) is 34.5 Å². The molecule has 0 unspecified atom stereocenters. The smallest absolute Gasteiger partial charge is 0.293 e. The van der Waals surface area contributed by atoms with E-state index < -0.39 is 61.5 Å². The molecule has 67 heavy (non-hydrogen) atoms. The molecule has 1 saturated carbocycles. The minimum absolute atomic E-state index is 0.0619. The van der Waals surface area contributed by atoms with Crippen molar-refractivity contribution in [2.75, 3.05) is 69.3 Å². The van der Waals surface area contributed by atoms with E-state index in [4.69, 9.17) is 28.4 Å². The number of piperazine rings is 1. The Kier molecular flexibility index (Phi) is 12.4. The lowest BCUT2D eigenvalue weighted by atomic mass is 9.57. The molecule has 4 N–H and O–H groups in total. The molecule has 19 nitrogen and oxygen atoms in total. The fourth-order valence-corrected chi connectivity index (χ4v) is 12.3. The molecule has 20 heteroatoms. The zero-order chi connectivity index (χ0) is 46.7. The molecule has 2 bridgehead atoms. The third-order valence-electron chi connectivity index (χ3n) is 15.1. The summed E-state index contributed by atoms with van der Waals surface area (Å²) in [5, 5.41) is 27.0. The molecule has 2 aromatic carbocycles. The number of carbonyl (C=O) groups excluding carboxylic acids is 1. The SMILES string of the molecule is C[C@H]1[C@@H](OCCN2CCN(c3ccc(C(=O)NS(=O)(=O)c4ccc(NCC5CCOCC5)c([N+](=O)[O-])c4)c(Oc4cnc5[nH]ccc5c4)c3)CC2)O[C@@H]2O[C@]3(C)O[C@]24[C@H]1CC[C@@H](C)[C@@H]4C[C@H]3O. The van der Waals surface area contributed by atoms with E-state index in [9.17, 15) is 28.4 Å². The van der Waals surface area contributed by atoms with Gasteiger partial charge >= 0.3 is 0 Å². The first-order valence-electron chi connectivity index (χ1n) is 23.4. The van der Waals surface area contributed by atoms with Crippen LogP contribution in [0.15, 0.2) is 65.8 Å². The summed E-state index contributed by atoms with van der Waals surface area (Å²) < 4.78 is 67.3. The summed E-state index contributed by atoms with van der Waals surface area (Å²) in [7, 11) is -4.58. The van der Waals surface area contributed by atoms with Gasteiger partial charge in [-0.3, -0.25) is 19.8 Å². The molecule has 1 amide bonds. The first-order valence-corrected chi connectivity index (χ1v) is 24.9. The second kappa shape index (κ2) is 18.2. The van der Waals surface area contributed by atoms with Crippen LogP contribution < -0.4 is 19.7 Å². The number of pyridine rings is 1. The normalized spacial score (nSPS) is 31.0. The van der Waals surface area contributed by atoms with Crippen LogP contribution in [-0.4, -0.2) is 128 Å². The van der Waals surface area contributed by atoms with E-state index in [0.717, 1.165) is 55.9 Å². The van der Waals surface area contributed by atoms with Crippen molar-refractivity contribution in [1.29, 1.82) is 0 Å². The number of nitro groups is 1. The summed E-state index contributed by atoms with van der Waals surface area (Å²) in [4.78, 5) is 36.9. The minimum atomic E-state index is -4.58. The van der Waals surface area contributed by atoms with Gasteiger partial charge in [0.2, 0.25) is 0 Å². The van der Waals surface area contributed by atoms with Crippen LogP contribution in [0.5, 0.6) is 11.5 Å². The number of H-pyrrole nitrogens is 1. The Morgan fingerprint density at radius 3 is 2.64 bits per heavy atom. The van der Waals surface area contributed by atoms with E-state index in [1.54, 1.807) is 24.4 Å². The molecular formula is C47H59N7O12S. The Balaban J connectivity index is 0.798.